The van der Waals surface area contributed by atoms with E-state index in [2.05, 4.69) is 16.8 Å². The van der Waals surface area contributed by atoms with Gasteiger partial charge >= 0.3 is 0 Å². The van der Waals surface area contributed by atoms with Gasteiger partial charge in [-0.15, -0.1) is 0 Å². The highest BCUT2D eigenvalue weighted by Crippen LogP contribution is 2.34. The van der Waals surface area contributed by atoms with Gasteiger partial charge in [-0.3, -0.25) is 0 Å². The van der Waals surface area contributed by atoms with Crippen LogP contribution in [0, 0.1) is 0 Å². The van der Waals surface area contributed by atoms with Crippen molar-refractivity contribution in [2.45, 2.75) is 38.6 Å². The van der Waals surface area contributed by atoms with Crippen LogP contribution in [0.4, 0.5) is 11.5 Å². The van der Waals surface area contributed by atoms with Gasteiger partial charge in [0.15, 0.2) is 5.82 Å². The van der Waals surface area contributed by atoms with Gasteiger partial charge in [-0.2, -0.15) is 4.98 Å². The third kappa shape index (κ3) is 2.81. The Hall–Kier alpha value is -1.45. The predicted molar refractivity (Wildman–Crippen MR) is 70.5 cm³/mol. The molecule has 0 aliphatic heterocycles. The topological polar surface area (TPSA) is 51.4 Å². The molecule has 1 fully saturated rings. The predicted octanol–water partition coefficient (Wildman–Crippen LogP) is 2.44. The number of anilines is 2. The van der Waals surface area contributed by atoms with E-state index in [-0.39, 0.29) is 0 Å². The van der Waals surface area contributed by atoms with Gasteiger partial charge in [0.05, 0.1) is 12.8 Å². The molecule has 0 radical (unpaired) electrons. The van der Waals surface area contributed by atoms with Gasteiger partial charge in [0.1, 0.15) is 0 Å². The molecule has 0 aromatic carbocycles. The highest BCUT2D eigenvalue weighted by molar-refractivity contribution is 5.64. The van der Waals surface area contributed by atoms with Crippen molar-refractivity contribution >= 4 is 11.5 Å². The molecule has 94 valence electrons. The number of rotatable bonds is 6. The number of aromatic nitrogens is 1. The van der Waals surface area contributed by atoms with E-state index in [0.717, 1.165) is 18.1 Å². The zero-order chi connectivity index (χ0) is 12.3. The molecule has 1 aromatic rings. The number of unbranched alkanes of at least 4 members (excludes halogenated alkanes) is 1. The molecule has 17 heavy (non-hydrogen) atoms. The van der Waals surface area contributed by atoms with Gasteiger partial charge in [0.25, 0.3) is 0 Å². The highest BCUT2D eigenvalue weighted by Gasteiger charge is 2.30. The first-order valence-corrected chi connectivity index (χ1v) is 6.33. The first kappa shape index (κ1) is 12.0. The summed E-state index contributed by atoms with van der Waals surface area (Å²) in [6.45, 7) is 3.24. The van der Waals surface area contributed by atoms with Crippen LogP contribution in [-0.4, -0.2) is 24.7 Å². The molecular weight excluding hydrogens is 214 g/mol. The number of nitrogens with two attached hydrogens (primary N) is 1. The molecular formula is C13H21N3O. The van der Waals surface area contributed by atoms with Crippen LogP contribution in [0.1, 0.15) is 32.6 Å². The summed E-state index contributed by atoms with van der Waals surface area (Å²) in [5, 5.41) is 0. The monoisotopic (exact) mass is 235 g/mol. The van der Waals surface area contributed by atoms with Crippen molar-refractivity contribution in [2.24, 2.45) is 0 Å². The minimum Gasteiger partial charge on any atom is -0.481 e. The molecule has 0 saturated heterocycles. The minimum atomic E-state index is 0.628. The van der Waals surface area contributed by atoms with E-state index >= 15 is 0 Å². The number of nitrogens with zero attached hydrogens (tertiary/aromatic N) is 2. The number of ether oxygens (including phenoxy) is 1. The van der Waals surface area contributed by atoms with E-state index in [0.29, 0.717) is 11.9 Å². The lowest BCUT2D eigenvalue weighted by molar-refractivity contribution is 0.398. The van der Waals surface area contributed by atoms with Crippen molar-refractivity contribution in [2.75, 3.05) is 24.3 Å². The van der Waals surface area contributed by atoms with Crippen LogP contribution in [0.5, 0.6) is 5.88 Å². The molecule has 2 rings (SSSR count). The normalized spacial score (nSPS) is 14.7. The van der Waals surface area contributed by atoms with Gasteiger partial charge in [-0.25, -0.2) is 0 Å². The van der Waals surface area contributed by atoms with Crippen LogP contribution in [0.3, 0.4) is 0 Å². The summed E-state index contributed by atoms with van der Waals surface area (Å²) in [4.78, 5) is 6.82. The van der Waals surface area contributed by atoms with Crippen molar-refractivity contribution in [3.8, 4) is 5.88 Å². The third-order valence-corrected chi connectivity index (χ3v) is 3.10. The quantitative estimate of drug-likeness (QED) is 0.822. The summed E-state index contributed by atoms with van der Waals surface area (Å²) < 4.78 is 5.17. The third-order valence-electron chi connectivity index (χ3n) is 3.10. The molecule has 1 aromatic heterocycles. The lowest BCUT2D eigenvalue weighted by atomic mass is 10.3. The molecule has 1 heterocycles. The van der Waals surface area contributed by atoms with Crippen LogP contribution in [0.15, 0.2) is 12.1 Å². The van der Waals surface area contributed by atoms with Crippen molar-refractivity contribution in [1.29, 1.82) is 0 Å². The van der Waals surface area contributed by atoms with Crippen molar-refractivity contribution in [1.82, 2.24) is 4.98 Å². The van der Waals surface area contributed by atoms with Gasteiger partial charge in [0, 0.05) is 18.7 Å². The van der Waals surface area contributed by atoms with Crippen molar-refractivity contribution < 1.29 is 4.74 Å². The van der Waals surface area contributed by atoms with Crippen molar-refractivity contribution in [3.63, 3.8) is 0 Å². The number of hydrogen-bond acceptors (Lipinski definition) is 4. The smallest absolute Gasteiger partial charge is 0.215 e. The zero-order valence-electron chi connectivity index (χ0n) is 10.6. The van der Waals surface area contributed by atoms with E-state index in [4.69, 9.17) is 10.5 Å². The zero-order valence-corrected chi connectivity index (χ0v) is 10.6. The van der Waals surface area contributed by atoms with E-state index in [1.165, 1.54) is 25.7 Å². The summed E-state index contributed by atoms with van der Waals surface area (Å²) in [5.41, 5.74) is 6.77. The average Bonchev–Trinajstić information content (AvgIpc) is 3.16. The molecule has 1 aliphatic carbocycles. The Labute approximate surface area is 103 Å². The minimum absolute atomic E-state index is 0.628. The van der Waals surface area contributed by atoms with E-state index in [1.807, 2.05) is 12.1 Å². The Kier molecular flexibility index (Phi) is 3.71. The molecule has 0 spiro atoms. The fraction of sp³-hybridized carbons (Fsp3) is 0.615. The number of nitrogen functional groups attached to an aromatic ring is 1. The lowest BCUT2D eigenvalue weighted by Crippen LogP contribution is -2.28. The second kappa shape index (κ2) is 5.25. The Morgan fingerprint density at radius 1 is 1.47 bits per heavy atom. The lowest BCUT2D eigenvalue weighted by Gasteiger charge is -2.24. The van der Waals surface area contributed by atoms with Gasteiger partial charge < -0.3 is 15.4 Å². The Balaban J connectivity index is 2.21. The Bertz CT molecular complexity index is 377. The first-order chi connectivity index (χ1) is 8.26. The maximum absolute atomic E-state index is 6.02. The average molecular weight is 235 g/mol. The summed E-state index contributed by atoms with van der Waals surface area (Å²) in [6, 6.07) is 4.31. The molecule has 0 bridgehead atoms. The number of pyridine rings is 1. The summed E-state index contributed by atoms with van der Waals surface area (Å²) in [7, 11) is 1.63. The fourth-order valence-electron chi connectivity index (χ4n) is 1.96. The molecule has 4 nitrogen and oxygen atoms in total. The van der Waals surface area contributed by atoms with Gasteiger partial charge in [-0.05, 0) is 25.3 Å². The largest absolute Gasteiger partial charge is 0.481 e. The second-order valence-corrected chi connectivity index (χ2v) is 4.54. The van der Waals surface area contributed by atoms with Crippen LogP contribution in [-0.2, 0) is 0 Å². The first-order valence-electron chi connectivity index (χ1n) is 6.33. The molecule has 0 amide bonds. The summed E-state index contributed by atoms with van der Waals surface area (Å²) in [5.74, 6) is 1.52. The van der Waals surface area contributed by atoms with E-state index in [9.17, 15) is 0 Å². The number of methoxy groups -OCH3 is 1. The van der Waals surface area contributed by atoms with Crippen LogP contribution < -0.4 is 15.4 Å². The molecule has 0 atom stereocenters. The van der Waals surface area contributed by atoms with Gasteiger partial charge in [0.2, 0.25) is 5.88 Å². The second-order valence-electron chi connectivity index (χ2n) is 4.54. The fourth-order valence-corrected chi connectivity index (χ4v) is 1.96. The molecule has 0 unspecified atom stereocenters. The maximum Gasteiger partial charge on any atom is 0.215 e. The standard InChI is InChI=1S/C13H21N3O/c1-3-4-9-16(10-5-6-10)13-11(14)7-8-12(15-13)17-2/h7-8,10H,3-6,9,14H2,1-2H3. The molecule has 1 saturated carbocycles. The van der Waals surface area contributed by atoms with E-state index < -0.39 is 0 Å². The van der Waals surface area contributed by atoms with E-state index in [1.54, 1.807) is 7.11 Å². The Morgan fingerprint density at radius 3 is 2.82 bits per heavy atom. The molecule has 2 N–H and O–H groups in total. The Morgan fingerprint density at radius 2 is 2.24 bits per heavy atom. The summed E-state index contributed by atoms with van der Waals surface area (Å²) in [6.07, 6.45) is 4.87. The van der Waals surface area contributed by atoms with Crippen LogP contribution >= 0.6 is 0 Å². The molecule has 4 heteroatoms. The maximum atomic E-state index is 6.02. The van der Waals surface area contributed by atoms with Crippen LogP contribution in [0.2, 0.25) is 0 Å². The highest BCUT2D eigenvalue weighted by atomic mass is 16.5. The van der Waals surface area contributed by atoms with Gasteiger partial charge in [-0.1, -0.05) is 13.3 Å². The summed E-state index contributed by atoms with van der Waals surface area (Å²) >= 11 is 0. The number of hydrogen-bond donors (Lipinski definition) is 1. The SMILES string of the molecule is CCCCN(c1nc(OC)ccc1N)C1CC1. The van der Waals surface area contributed by atoms with Crippen molar-refractivity contribution in [3.05, 3.63) is 12.1 Å². The van der Waals surface area contributed by atoms with Crippen LogP contribution in [0.25, 0.3) is 0 Å². The molecule has 1 aliphatic rings.